The van der Waals surface area contributed by atoms with E-state index in [-0.39, 0.29) is 25.0 Å². The number of nitrogens with zero attached hydrogens (tertiary/aromatic N) is 1. The Labute approximate surface area is 120 Å². The van der Waals surface area contributed by atoms with E-state index in [0.717, 1.165) is 12.8 Å². The van der Waals surface area contributed by atoms with Crippen LogP contribution < -0.4 is 5.73 Å². The first-order chi connectivity index (χ1) is 9.43. The molecule has 0 spiro atoms. The number of nitrogens with two attached hydrogens (primary N) is 1. The van der Waals surface area contributed by atoms with E-state index in [0.29, 0.717) is 6.54 Å². The van der Waals surface area contributed by atoms with E-state index in [2.05, 4.69) is 0 Å². The number of aliphatic carboxylic acids is 1. The van der Waals surface area contributed by atoms with Gasteiger partial charge >= 0.3 is 5.97 Å². The maximum atomic E-state index is 12.5. The Hall–Kier alpha value is -1.14. The second-order valence-electron chi connectivity index (χ2n) is 5.49. The summed E-state index contributed by atoms with van der Waals surface area (Å²) in [6, 6.07) is -0.989. The Morgan fingerprint density at radius 1 is 1.40 bits per heavy atom. The minimum Gasteiger partial charge on any atom is -0.481 e. The van der Waals surface area contributed by atoms with Gasteiger partial charge in [-0.15, -0.1) is 0 Å². The van der Waals surface area contributed by atoms with Crippen LogP contribution in [0.25, 0.3) is 0 Å². The van der Waals surface area contributed by atoms with Gasteiger partial charge in [0.05, 0.1) is 25.3 Å². The molecule has 0 aromatic carbocycles. The van der Waals surface area contributed by atoms with Crippen LogP contribution in [0, 0.1) is 11.8 Å². The molecular weight excluding hydrogens is 260 g/mol. The molecule has 20 heavy (non-hydrogen) atoms. The average molecular weight is 286 g/mol. The van der Waals surface area contributed by atoms with Gasteiger partial charge in [0.15, 0.2) is 0 Å². The molecule has 1 aliphatic heterocycles. The fourth-order valence-electron chi connectivity index (χ4n) is 2.46. The first kappa shape index (κ1) is 16.9. The topological polar surface area (TPSA) is 92.9 Å². The predicted molar refractivity (Wildman–Crippen MR) is 75.2 cm³/mol. The van der Waals surface area contributed by atoms with Crippen molar-refractivity contribution in [3.05, 3.63) is 0 Å². The molecule has 1 amide bonds. The van der Waals surface area contributed by atoms with Gasteiger partial charge in [-0.05, 0) is 12.3 Å². The van der Waals surface area contributed by atoms with Crippen molar-refractivity contribution in [3.63, 3.8) is 0 Å². The summed E-state index contributed by atoms with van der Waals surface area (Å²) in [6.07, 6.45) is 1.58. The highest BCUT2D eigenvalue weighted by atomic mass is 16.5. The molecule has 0 aliphatic carbocycles. The maximum Gasteiger partial charge on any atom is 0.311 e. The van der Waals surface area contributed by atoms with E-state index < -0.39 is 24.0 Å². The quantitative estimate of drug-likeness (QED) is 0.718. The molecule has 116 valence electrons. The molecule has 1 rings (SSSR count). The Morgan fingerprint density at radius 3 is 2.55 bits per heavy atom. The second kappa shape index (κ2) is 7.59. The van der Waals surface area contributed by atoms with E-state index in [1.54, 1.807) is 4.90 Å². The van der Waals surface area contributed by atoms with Crippen molar-refractivity contribution in [2.24, 2.45) is 17.6 Å². The maximum absolute atomic E-state index is 12.5. The second-order valence-corrected chi connectivity index (χ2v) is 5.49. The standard InChI is InChI=1S/C14H26N2O4/c1-4-6-16(13(17)12(15)9(3)5-2)11-8-20-7-10(11)14(18)19/h9-12H,4-8,15H2,1-3H3,(H,18,19)/t9-,10?,11?,12-/m0/s1. The minimum atomic E-state index is -0.918. The van der Waals surface area contributed by atoms with Crippen LogP contribution in [0.15, 0.2) is 0 Å². The van der Waals surface area contributed by atoms with Gasteiger partial charge in [-0.3, -0.25) is 9.59 Å². The van der Waals surface area contributed by atoms with Gasteiger partial charge in [-0.25, -0.2) is 0 Å². The van der Waals surface area contributed by atoms with E-state index >= 15 is 0 Å². The van der Waals surface area contributed by atoms with Crippen molar-refractivity contribution in [1.29, 1.82) is 0 Å². The average Bonchev–Trinajstić information content (AvgIpc) is 2.91. The monoisotopic (exact) mass is 286 g/mol. The van der Waals surface area contributed by atoms with Crippen molar-refractivity contribution in [1.82, 2.24) is 4.90 Å². The molecule has 1 fully saturated rings. The lowest BCUT2D eigenvalue weighted by Crippen LogP contribution is -2.54. The van der Waals surface area contributed by atoms with Gasteiger partial charge < -0.3 is 20.5 Å². The van der Waals surface area contributed by atoms with E-state index in [1.807, 2.05) is 20.8 Å². The lowest BCUT2D eigenvalue weighted by atomic mass is 9.96. The van der Waals surface area contributed by atoms with Crippen molar-refractivity contribution < 1.29 is 19.4 Å². The Bertz CT molecular complexity index is 348. The zero-order valence-electron chi connectivity index (χ0n) is 12.5. The highest BCUT2D eigenvalue weighted by Gasteiger charge is 2.41. The molecule has 1 heterocycles. The Balaban J connectivity index is 2.87. The zero-order chi connectivity index (χ0) is 15.3. The van der Waals surface area contributed by atoms with Gasteiger partial charge in [0, 0.05) is 6.54 Å². The van der Waals surface area contributed by atoms with Gasteiger partial charge in [0.2, 0.25) is 5.91 Å². The number of carbonyl (C=O) groups excluding carboxylic acids is 1. The highest BCUT2D eigenvalue weighted by Crippen LogP contribution is 2.22. The molecule has 0 radical (unpaired) electrons. The molecule has 1 saturated heterocycles. The lowest BCUT2D eigenvalue weighted by Gasteiger charge is -2.33. The number of hydrogen-bond donors (Lipinski definition) is 2. The van der Waals surface area contributed by atoms with E-state index in [9.17, 15) is 14.7 Å². The van der Waals surface area contributed by atoms with Crippen molar-refractivity contribution >= 4 is 11.9 Å². The third kappa shape index (κ3) is 3.70. The van der Waals surface area contributed by atoms with Crippen LogP contribution in [-0.4, -0.2) is 53.7 Å². The third-order valence-electron chi connectivity index (χ3n) is 4.06. The highest BCUT2D eigenvalue weighted by molar-refractivity contribution is 5.83. The third-order valence-corrected chi connectivity index (χ3v) is 4.06. The lowest BCUT2D eigenvalue weighted by molar-refractivity contribution is -0.145. The summed E-state index contributed by atoms with van der Waals surface area (Å²) in [5.74, 6) is -1.66. The van der Waals surface area contributed by atoms with Crippen LogP contribution in [-0.2, 0) is 14.3 Å². The predicted octanol–water partition coefficient (Wildman–Crippen LogP) is 0.698. The largest absolute Gasteiger partial charge is 0.481 e. The number of rotatable bonds is 7. The molecule has 0 bridgehead atoms. The number of carbonyl (C=O) groups is 2. The Morgan fingerprint density at radius 2 is 2.05 bits per heavy atom. The van der Waals surface area contributed by atoms with Crippen molar-refractivity contribution in [3.8, 4) is 0 Å². The molecule has 2 unspecified atom stereocenters. The van der Waals surface area contributed by atoms with E-state index in [4.69, 9.17) is 10.5 Å². The molecule has 6 heteroatoms. The molecule has 4 atom stereocenters. The zero-order valence-corrected chi connectivity index (χ0v) is 12.5. The van der Waals surface area contributed by atoms with Crippen LogP contribution in [0.1, 0.15) is 33.6 Å². The summed E-state index contributed by atoms with van der Waals surface area (Å²) in [6.45, 7) is 6.83. The summed E-state index contributed by atoms with van der Waals surface area (Å²) < 4.78 is 5.26. The fraction of sp³-hybridized carbons (Fsp3) is 0.857. The van der Waals surface area contributed by atoms with Crippen LogP contribution in [0.2, 0.25) is 0 Å². The number of hydrogen-bond acceptors (Lipinski definition) is 4. The van der Waals surface area contributed by atoms with Crippen LogP contribution in [0.4, 0.5) is 0 Å². The summed E-state index contributed by atoms with van der Waals surface area (Å²) in [5.41, 5.74) is 6.01. The first-order valence-corrected chi connectivity index (χ1v) is 7.30. The molecule has 1 aliphatic rings. The molecule has 0 saturated carbocycles. The smallest absolute Gasteiger partial charge is 0.311 e. The summed E-state index contributed by atoms with van der Waals surface area (Å²) >= 11 is 0. The molecule has 0 aromatic rings. The fourth-order valence-corrected chi connectivity index (χ4v) is 2.46. The van der Waals surface area contributed by atoms with E-state index in [1.165, 1.54) is 0 Å². The Kier molecular flexibility index (Phi) is 6.42. The SMILES string of the molecule is CCCN(C(=O)[C@@H](N)[C@@H](C)CC)C1COCC1C(=O)O. The van der Waals surface area contributed by atoms with Crippen molar-refractivity contribution in [2.45, 2.75) is 45.7 Å². The molecule has 6 nitrogen and oxygen atoms in total. The minimum absolute atomic E-state index is 0.0763. The van der Waals surface area contributed by atoms with Crippen LogP contribution in [0.3, 0.4) is 0 Å². The number of carboxylic acid groups (broad SMARTS) is 1. The van der Waals surface area contributed by atoms with Gasteiger partial charge in [0.1, 0.15) is 5.92 Å². The number of ether oxygens (including phenoxy) is 1. The molecule has 0 aromatic heterocycles. The summed E-state index contributed by atoms with van der Waals surface area (Å²) in [5, 5.41) is 9.23. The van der Waals surface area contributed by atoms with Gasteiger partial charge in [0.25, 0.3) is 0 Å². The van der Waals surface area contributed by atoms with Gasteiger partial charge in [-0.1, -0.05) is 27.2 Å². The first-order valence-electron chi connectivity index (χ1n) is 7.30. The normalized spacial score (nSPS) is 25.2. The molecule has 3 N–H and O–H groups in total. The number of carboxylic acids is 1. The molecular formula is C14H26N2O4. The van der Waals surface area contributed by atoms with Crippen LogP contribution >= 0.6 is 0 Å². The number of amides is 1. The summed E-state index contributed by atoms with van der Waals surface area (Å²) in [4.78, 5) is 25.4. The summed E-state index contributed by atoms with van der Waals surface area (Å²) in [7, 11) is 0. The van der Waals surface area contributed by atoms with Crippen molar-refractivity contribution in [2.75, 3.05) is 19.8 Å². The van der Waals surface area contributed by atoms with Gasteiger partial charge in [-0.2, -0.15) is 0 Å². The van der Waals surface area contributed by atoms with Crippen LogP contribution in [0.5, 0.6) is 0 Å².